The Bertz CT molecular complexity index is 2590. The summed E-state index contributed by atoms with van der Waals surface area (Å²) in [6.45, 7) is 0. The molecule has 2 heterocycles. The van der Waals surface area contributed by atoms with Gasteiger partial charge < -0.3 is 4.42 Å². The lowest BCUT2D eigenvalue weighted by Gasteiger charge is -2.11. The van der Waals surface area contributed by atoms with Gasteiger partial charge in [-0.2, -0.15) is 0 Å². The second-order valence-corrected chi connectivity index (χ2v) is 12.0. The summed E-state index contributed by atoms with van der Waals surface area (Å²) in [5.74, 6) is 1.88. The van der Waals surface area contributed by atoms with E-state index in [0.29, 0.717) is 17.5 Å². The normalized spacial score (nSPS) is 11.3. The molecule has 0 spiro atoms. The molecule has 9 rings (SSSR count). The minimum Gasteiger partial charge on any atom is -0.455 e. The lowest BCUT2D eigenvalue weighted by atomic mass is 9.96. The second kappa shape index (κ2) is 12.2. The van der Waals surface area contributed by atoms with E-state index in [4.69, 9.17) is 19.4 Å². The molecule has 0 N–H and O–H groups in total. The Balaban J connectivity index is 1.19. The zero-order chi connectivity index (χ0) is 32.6. The van der Waals surface area contributed by atoms with Gasteiger partial charge in [-0.3, -0.25) is 0 Å². The van der Waals surface area contributed by atoms with E-state index in [1.807, 2.05) is 48.5 Å². The maximum absolute atomic E-state index is 6.55. The Morgan fingerprint density at radius 2 is 0.796 bits per heavy atom. The standard InChI is InChI=1S/C45H29N3O/c1-4-14-30(15-5-1)33-20-10-22-35(28-33)44-46-43(32-18-8-3-9-19-32)47-45(48-44)36-23-11-21-34(29-36)37-24-13-27-40-41(37)39-26-12-25-38(42(39)49-40)31-16-6-2-7-17-31/h1-29H. The van der Waals surface area contributed by atoms with Gasteiger partial charge in [-0.1, -0.05) is 158 Å². The number of hydrogen-bond acceptors (Lipinski definition) is 4. The highest BCUT2D eigenvalue weighted by atomic mass is 16.3. The van der Waals surface area contributed by atoms with Crippen LogP contribution < -0.4 is 0 Å². The summed E-state index contributed by atoms with van der Waals surface area (Å²) in [6, 6.07) is 60.3. The van der Waals surface area contributed by atoms with Crippen LogP contribution in [-0.2, 0) is 0 Å². The molecule has 0 bridgehead atoms. The van der Waals surface area contributed by atoms with Crippen molar-refractivity contribution in [2.75, 3.05) is 0 Å². The van der Waals surface area contributed by atoms with Crippen LogP contribution in [0.5, 0.6) is 0 Å². The van der Waals surface area contributed by atoms with Crippen LogP contribution in [0.3, 0.4) is 0 Å². The van der Waals surface area contributed by atoms with Crippen LogP contribution in [0.25, 0.3) is 89.5 Å². The first kappa shape index (κ1) is 28.6. The van der Waals surface area contributed by atoms with Crippen molar-refractivity contribution >= 4 is 21.9 Å². The average Bonchev–Trinajstić information content (AvgIpc) is 3.58. The van der Waals surface area contributed by atoms with Crippen molar-refractivity contribution in [2.45, 2.75) is 0 Å². The SMILES string of the molecule is c1ccc(-c2cccc(-c3nc(-c4ccccc4)nc(-c4cccc(-c5cccc6oc7c(-c8ccccc8)cccc7c56)c4)n3)c2)cc1. The van der Waals surface area contributed by atoms with E-state index >= 15 is 0 Å². The van der Waals surface area contributed by atoms with Crippen molar-refractivity contribution in [1.82, 2.24) is 15.0 Å². The topological polar surface area (TPSA) is 51.8 Å². The number of rotatable bonds is 6. The Morgan fingerprint density at radius 3 is 1.47 bits per heavy atom. The molecule has 49 heavy (non-hydrogen) atoms. The highest BCUT2D eigenvalue weighted by Gasteiger charge is 2.18. The van der Waals surface area contributed by atoms with Crippen LogP contribution in [0.1, 0.15) is 0 Å². The highest BCUT2D eigenvalue weighted by molar-refractivity contribution is 6.15. The van der Waals surface area contributed by atoms with E-state index in [-0.39, 0.29) is 0 Å². The fourth-order valence-corrected chi connectivity index (χ4v) is 6.58. The Hall–Kier alpha value is -6.65. The fourth-order valence-electron chi connectivity index (χ4n) is 6.58. The highest BCUT2D eigenvalue weighted by Crippen LogP contribution is 2.41. The zero-order valence-electron chi connectivity index (χ0n) is 26.5. The van der Waals surface area contributed by atoms with Crippen LogP contribution in [-0.4, -0.2) is 15.0 Å². The Labute approximate surface area is 284 Å². The molecule has 0 aliphatic heterocycles. The largest absolute Gasteiger partial charge is 0.455 e. The fraction of sp³-hybridized carbons (Fsp3) is 0. The van der Waals surface area contributed by atoms with Crippen molar-refractivity contribution in [3.63, 3.8) is 0 Å². The lowest BCUT2D eigenvalue weighted by molar-refractivity contribution is 0.670. The zero-order valence-corrected chi connectivity index (χ0v) is 26.5. The maximum atomic E-state index is 6.55. The van der Waals surface area contributed by atoms with Crippen LogP contribution >= 0.6 is 0 Å². The summed E-state index contributed by atoms with van der Waals surface area (Å²) in [4.78, 5) is 15.1. The molecule has 0 saturated heterocycles. The third kappa shape index (κ3) is 5.35. The first-order valence-corrected chi connectivity index (χ1v) is 16.4. The Kier molecular flexibility index (Phi) is 7.10. The summed E-state index contributed by atoms with van der Waals surface area (Å²) in [5.41, 5.74) is 11.1. The van der Waals surface area contributed by atoms with Gasteiger partial charge in [0, 0.05) is 33.0 Å². The van der Waals surface area contributed by atoms with Gasteiger partial charge in [-0.05, 0) is 46.0 Å². The first-order chi connectivity index (χ1) is 24.3. The molecular weight excluding hydrogens is 599 g/mol. The van der Waals surface area contributed by atoms with E-state index in [1.165, 1.54) is 0 Å². The smallest absolute Gasteiger partial charge is 0.164 e. The third-order valence-corrected chi connectivity index (χ3v) is 8.93. The lowest BCUT2D eigenvalue weighted by Crippen LogP contribution is -2.00. The van der Waals surface area contributed by atoms with Gasteiger partial charge in [0.15, 0.2) is 17.5 Å². The van der Waals surface area contributed by atoms with Crippen LogP contribution in [0.15, 0.2) is 180 Å². The molecule has 230 valence electrons. The summed E-state index contributed by atoms with van der Waals surface area (Å²) in [5, 5.41) is 2.18. The molecule has 2 aromatic heterocycles. The molecule has 9 aromatic rings. The monoisotopic (exact) mass is 627 g/mol. The van der Waals surface area contributed by atoms with E-state index in [0.717, 1.165) is 72.0 Å². The van der Waals surface area contributed by atoms with E-state index in [9.17, 15) is 0 Å². The van der Waals surface area contributed by atoms with Gasteiger partial charge in [0.05, 0.1) is 0 Å². The van der Waals surface area contributed by atoms with Gasteiger partial charge >= 0.3 is 0 Å². The third-order valence-electron chi connectivity index (χ3n) is 8.93. The molecule has 0 fully saturated rings. The molecule has 0 saturated carbocycles. The van der Waals surface area contributed by atoms with Gasteiger partial charge in [0.25, 0.3) is 0 Å². The molecule has 0 atom stereocenters. The second-order valence-electron chi connectivity index (χ2n) is 12.0. The van der Waals surface area contributed by atoms with Crippen LogP contribution in [0.4, 0.5) is 0 Å². The summed E-state index contributed by atoms with van der Waals surface area (Å²) < 4.78 is 6.55. The van der Waals surface area contributed by atoms with E-state index in [2.05, 4.69) is 127 Å². The maximum Gasteiger partial charge on any atom is 0.164 e. The molecule has 0 aliphatic carbocycles. The van der Waals surface area contributed by atoms with E-state index in [1.54, 1.807) is 0 Å². The summed E-state index contributed by atoms with van der Waals surface area (Å²) in [7, 11) is 0. The molecule has 0 amide bonds. The number of benzene rings is 7. The first-order valence-electron chi connectivity index (χ1n) is 16.4. The van der Waals surface area contributed by atoms with Crippen molar-refractivity contribution < 1.29 is 4.42 Å². The Morgan fingerprint density at radius 1 is 0.327 bits per heavy atom. The molecule has 7 aromatic carbocycles. The molecule has 0 aliphatic rings. The van der Waals surface area contributed by atoms with Gasteiger partial charge in [0.2, 0.25) is 0 Å². The molecule has 4 nitrogen and oxygen atoms in total. The molecule has 0 unspecified atom stereocenters. The van der Waals surface area contributed by atoms with Crippen LogP contribution in [0, 0.1) is 0 Å². The number of para-hydroxylation sites is 1. The predicted octanol–water partition coefficient (Wildman–Crippen LogP) is 11.8. The molecule has 0 radical (unpaired) electrons. The molecule has 4 heteroatoms. The van der Waals surface area contributed by atoms with Crippen molar-refractivity contribution in [2.24, 2.45) is 0 Å². The number of fused-ring (bicyclic) bond motifs is 3. The van der Waals surface area contributed by atoms with Gasteiger partial charge in [-0.15, -0.1) is 0 Å². The summed E-state index contributed by atoms with van der Waals surface area (Å²) in [6.07, 6.45) is 0. The van der Waals surface area contributed by atoms with Crippen molar-refractivity contribution in [3.05, 3.63) is 176 Å². The quantitative estimate of drug-likeness (QED) is 0.184. The number of aromatic nitrogens is 3. The minimum atomic E-state index is 0.617. The van der Waals surface area contributed by atoms with Gasteiger partial charge in [-0.25, -0.2) is 15.0 Å². The predicted molar refractivity (Wildman–Crippen MR) is 200 cm³/mol. The van der Waals surface area contributed by atoms with E-state index < -0.39 is 0 Å². The molecular formula is C45H29N3O. The van der Waals surface area contributed by atoms with Crippen LogP contribution in [0.2, 0.25) is 0 Å². The van der Waals surface area contributed by atoms with Crippen molar-refractivity contribution in [1.29, 1.82) is 0 Å². The summed E-state index contributed by atoms with van der Waals surface area (Å²) >= 11 is 0. The number of nitrogens with zero attached hydrogens (tertiary/aromatic N) is 3. The van der Waals surface area contributed by atoms with Crippen molar-refractivity contribution in [3.8, 4) is 67.5 Å². The average molecular weight is 628 g/mol. The minimum absolute atomic E-state index is 0.617. The number of hydrogen-bond donors (Lipinski definition) is 0. The van der Waals surface area contributed by atoms with Gasteiger partial charge in [0.1, 0.15) is 11.2 Å². The number of furan rings is 1.